The molecule has 106 valence electrons. The molecule has 0 amide bonds. The summed E-state index contributed by atoms with van der Waals surface area (Å²) >= 11 is 0. The van der Waals surface area contributed by atoms with Gasteiger partial charge in [-0.1, -0.05) is 13.3 Å². The van der Waals surface area contributed by atoms with Gasteiger partial charge in [-0.2, -0.15) is 0 Å². The standard InChI is InChI=1S/C14H21NO4/c1-3-4-7-18-8-9-19-14(16)12-10-11(15)5-6-13(12)17-2/h5-6,10H,3-4,7-9,15H2,1-2H3. The van der Waals surface area contributed by atoms with Gasteiger partial charge in [-0.05, 0) is 24.6 Å². The Balaban J connectivity index is 2.43. The first-order chi connectivity index (χ1) is 9.19. The maximum atomic E-state index is 11.9. The number of hydrogen-bond acceptors (Lipinski definition) is 5. The number of benzene rings is 1. The van der Waals surface area contributed by atoms with Crippen LogP contribution in [-0.2, 0) is 9.47 Å². The van der Waals surface area contributed by atoms with Gasteiger partial charge in [-0.15, -0.1) is 0 Å². The molecule has 1 aromatic carbocycles. The highest BCUT2D eigenvalue weighted by atomic mass is 16.6. The topological polar surface area (TPSA) is 70.8 Å². The third kappa shape index (κ3) is 5.18. The molecule has 0 bridgehead atoms. The molecular weight excluding hydrogens is 246 g/mol. The lowest BCUT2D eigenvalue weighted by molar-refractivity contribution is 0.0311. The van der Waals surface area contributed by atoms with Crippen molar-refractivity contribution in [3.05, 3.63) is 23.8 Å². The smallest absolute Gasteiger partial charge is 0.342 e. The van der Waals surface area contributed by atoms with Crippen molar-refractivity contribution in [2.45, 2.75) is 19.8 Å². The highest BCUT2D eigenvalue weighted by Gasteiger charge is 2.13. The highest BCUT2D eigenvalue weighted by molar-refractivity contribution is 5.93. The zero-order chi connectivity index (χ0) is 14.1. The molecule has 2 N–H and O–H groups in total. The van der Waals surface area contributed by atoms with Crippen LogP contribution >= 0.6 is 0 Å². The number of hydrogen-bond donors (Lipinski definition) is 1. The minimum absolute atomic E-state index is 0.223. The second-order valence-electron chi connectivity index (χ2n) is 4.06. The second-order valence-corrected chi connectivity index (χ2v) is 4.06. The SMILES string of the molecule is CCCCOCCOC(=O)c1cc(N)ccc1OC. The Hall–Kier alpha value is -1.75. The van der Waals surface area contributed by atoms with Crippen molar-refractivity contribution in [1.82, 2.24) is 0 Å². The van der Waals surface area contributed by atoms with E-state index in [1.54, 1.807) is 18.2 Å². The van der Waals surface area contributed by atoms with Crippen LogP contribution in [0.2, 0.25) is 0 Å². The first kappa shape index (κ1) is 15.3. The minimum atomic E-state index is -0.455. The van der Waals surface area contributed by atoms with Gasteiger partial charge in [0.1, 0.15) is 17.9 Å². The summed E-state index contributed by atoms with van der Waals surface area (Å²) in [6.45, 7) is 3.40. The molecule has 0 heterocycles. The fourth-order valence-electron chi connectivity index (χ4n) is 1.50. The molecule has 0 saturated carbocycles. The Morgan fingerprint density at radius 2 is 2.05 bits per heavy atom. The molecule has 5 nitrogen and oxygen atoms in total. The Labute approximate surface area is 113 Å². The number of nitrogen functional groups attached to an aromatic ring is 1. The summed E-state index contributed by atoms with van der Waals surface area (Å²) < 4.78 is 15.5. The average molecular weight is 267 g/mol. The molecule has 0 aliphatic rings. The third-order valence-corrected chi connectivity index (χ3v) is 2.55. The van der Waals surface area contributed by atoms with Crippen LogP contribution in [0.4, 0.5) is 5.69 Å². The molecule has 0 aliphatic heterocycles. The number of nitrogens with two attached hydrogens (primary N) is 1. The van der Waals surface area contributed by atoms with E-state index in [4.69, 9.17) is 19.9 Å². The van der Waals surface area contributed by atoms with Crippen LogP contribution in [0.1, 0.15) is 30.1 Å². The molecule has 0 aromatic heterocycles. The third-order valence-electron chi connectivity index (χ3n) is 2.55. The van der Waals surface area contributed by atoms with E-state index in [0.717, 1.165) is 12.8 Å². The molecule has 5 heteroatoms. The monoisotopic (exact) mass is 267 g/mol. The van der Waals surface area contributed by atoms with Crippen molar-refractivity contribution < 1.29 is 19.0 Å². The first-order valence-corrected chi connectivity index (χ1v) is 6.37. The Morgan fingerprint density at radius 3 is 2.74 bits per heavy atom. The van der Waals surface area contributed by atoms with Crippen LogP contribution in [0, 0.1) is 0 Å². The summed E-state index contributed by atoms with van der Waals surface area (Å²) in [6, 6.07) is 4.85. The summed E-state index contributed by atoms with van der Waals surface area (Å²) in [5.74, 6) is -0.00524. The summed E-state index contributed by atoms with van der Waals surface area (Å²) in [5.41, 5.74) is 6.46. The van der Waals surface area contributed by atoms with Crippen molar-refractivity contribution in [3.63, 3.8) is 0 Å². The van der Waals surface area contributed by atoms with Gasteiger partial charge in [0, 0.05) is 12.3 Å². The van der Waals surface area contributed by atoms with Crippen molar-refractivity contribution in [1.29, 1.82) is 0 Å². The van der Waals surface area contributed by atoms with Crippen molar-refractivity contribution in [2.24, 2.45) is 0 Å². The largest absolute Gasteiger partial charge is 0.496 e. The summed E-state index contributed by atoms with van der Waals surface area (Å²) in [7, 11) is 1.50. The Kier molecular flexibility index (Phi) is 6.74. The van der Waals surface area contributed by atoms with Crippen LogP contribution in [-0.4, -0.2) is 32.9 Å². The van der Waals surface area contributed by atoms with E-state index < -0.39 is 5.97 Å². The zero-order valence-corrected chi connectivity index (χ0v) is 11.5. The number of methoxy groups -OCH3 is 1. The van der Waals surface area contributed by atoms with Crippen LogP contribution in [0.15, 0.2) is 18.2 Å². The molecule has 0 atom stereocenters. The van der Waals surface area contributed by atoms with E-state index in [1.165, 1.54) is 7.11 Å². The Morgan fingerprint density at radius 1 is 1.26 bits per heavy atom. The van der Waals surface area contributed by atoms with Crippen LogP contribution in [0.3, 0.4) is 0 Å². The highest BCUT2D eigenvalue weighted by Crippen LogP contribution is 2.21. The number of unbranched alkanes of at least 4 members (excludes halogenated alkanes) is 1. The predicted octanol–water partition coefficient (Wildman–Crippen LogP) is 2.25. The van der Waals surface area contributed by atoms with E-state index in [-0.39, 0.29) is 6.61 Å². The van der Waals surface area contributed by atoms with Gasteiger partial charge >= 0.3 is 5.97 Å². The van der Waals surface area contributed by atoms with Gasteiger partial charge in [-0.3, -0.25) is 0 Å². The normalized spacial score (nSPS) is 10.2. The van der Waals surface area contributed by atoms with E-state index in [2.05, 4.69) is 6.92 Å². The zero-order valence-electron chi connectivity index (χ0n) is 11.5. The number of carbonyl (C=O) groups is 1. The van der Waals surface area contributed by atoms with Gasteiger partial charge < -0.3 is 19.9 Å². The minimum Gasteiger partial charge on any atom is -0.496 e. The van der Waals surface area contributed by atoms with Gasteiger partial charge in [-0.25, -0.2) is 4.79 Å². The van der Waals surface area contributed by atoms with Crippen LogP contribution in [0.25, 0.3) is 0 Å². The van der Waals surface area contributed by atoms with Crippen LogP contribution in [0.5, 0.6) is 5.75 Å². The lowest BCUT2D eigenvalue weighted by Crippen LogP contribution is -2.12. The van der Waals surface area contributed by atoms with E-state index >= 15 is 0 Å². The summed E-state index contributed by atoms with van der Waals surface area (Å²) in [6.07, 6.45) is 2.09. The number of carbonyl (C=O) groups excluding carboxylic acids is 1. The lowest BCUT2D eigenvalue weighted by atomic mass is 10.2. The molecule has 0 saturated heterocycles. The predicted molar refractivity (Wildman–Crippen MR) is 73.4 cm³/mol. The van der Waals surface area contributed by atoms with E-state index in [1.807, 2.05) is 0 Å². The maximum Gasteiger partial charge on any atom is 0.342 e. The van der Waals surface area contributed by atoms with Gasteiger partial charge in [0.05, 0.1) is 13.7 Å². The molecule has 0 fully saturated rings. The van der Waals surface area contributed by atoms with Crippen LogP contribution < -0.4 is 10.5 Å². The Bertz CT molecular complexity index is 406. The summed E-state index contributed by atoms with van der Waals surface area (Å²) in [4.78, 5) is 11.9. The van der Waals surface area contributed by atoms with Gasteiger partial charge in [0.25, 0.3) is 0 Å². The molecule has 1 aromatic rings. The first-order valence-electron chi connectivity index (χ1n) is 6.37. The fourth-order valence-corrected chi connectivity index (χ4v) is 1.50. The molecular formula is C14H21NO4. The molecule has 0 spiro atoms. The second kappa shape index (κ2) is 8.37. The number of anilines is 1. The lowest BCUT2D eigenvalue weighted by Gasteiger charge is -2.09. The molecule has 0 radical (unpaired) electrons. The molecule has 0 aliphatic carbocycles. The van der Waals surface area contributed by atoms with Gasteiger partial charge in [0.2, 0.25) is 0 Å². The summed E-state index contributed by atoms with van der Waals surface area (Å²) in [5, 5.41) is 0. The van der Waals surface area contributed by atoms with Crippen molar-refractivity contribution in [2.75, 3.05) is 32.7 Å². The quantitative estimate of drug-likeness (QED) is 0.444. The number of rotatable bonds is 8. The molecule has 19 heavy (non-hydrogen) atoms. The van der Waals surface area contributed by atoms with Gasteiger partial charge in [0.15, 0.2) is 0 Å². The number of ether oxygens (including phenoxy) is 3. The average Bonchev–Trinajstić information content (AvgIpc) is 2.42. The van der Waals surface area contributed by atoms with Crippen molar-refractivity contribution in [3.8, 4) is 5.75 Å². The van der Waals surface area contributed by atoms with Crippen molar-refractivity contribution >= 4 is 11.7 Å². The maximum absolute atomic E-state index is 11.9. The van der Waals surface area contributed by atoms with E-state index in [0.29, 0.717) is 30.2 Å². The number of esters is 1. The fraction of sp³-hybridized carbons (Fsp3) is 0.500. The van der Waals surface area contributed by atoms with E-state index in [9.17, 15) is 4.79 Å². The molecule has 1 rings (SSSR count). The molecule has 0 unspecified atom stereocenters.